The fourth-order valence-electron chi connectivity index (χ4n) is 1.72. The Hall–Kier alpha value is -2.69. The van der Waals surface area contributed by atoms with Gasteiger partial charge in [-0.2, -0.15) is 5.10 Å². The molecule has 3 rings (SSSR count). The van der Waals surface area contributed by atoms with Gasteiger partial charge in [0.1, 0.15) is 5.69 Å². The molecule has 2 heterocycles. The molecule has 1 aromatic carbocycles. The van der Waals surface area contributed by atoms with Gasteiger partial charge in [0.15, 0.2) is 0 Å². The van der Waals surface area contributed by atoms with Crippen molar-refractivity contribution < 1.29 is 4.79 Å². The van der Waals surface area contributed by atoms with Crippen molar-refractivity contribution in [3.05, 3.63) is 54.5 Å². The van der Waals surface area contributed by atoms with Gasteiger partial charge >= 0.3 is 0 Å². The summed E-state index contributed by atoms with van der Waals surface area (Å²) in [7, 11) is 0. The standard InChI is InChI=1S/C13H10N4O/c18-13(12-5-6-15-17-12)16-10-7-9-3-1-2-4-11(9)14-8-10/h1-8H,(H,15,17)(H,16,18). The number of hydrogen-bond acceptors (Lipinski definition) is 3. The molecule has 88 valence electrons. The maximum absolute atomic E-state index is 11.8. The van der Waals surface area contributed by atoms with Gasteiger partial charge in [-0.25, -0.2) is 0 Å². The van der Waals surface area contributed by atoms with Crippen molar-refractivity contribution in [1.29, 1.82) is 0 Å². The molecule has 0 saturated heterocycles. The molecule has 0 radical (unpaired) electrons. The minimum atomic E-state index is -0.256. The maximum Gasteiger partial charge on any atom is 0.276 e. The smallest absolute Gasteiger partial charge is 0.276 e. The van der Waals surface area contributed by atoms with E-state index in [1.165, 1.54) is 0 Å². The summed E-state index contributed by atoms with van der Waals surface area (Å²) in [5, 5.41) is 10.2. The lowest BCUT2D eigenvalue weighted by molar-refractivity contribution is 0.102. The SMILES string of the molecule is O=C(Nc1cnc2ccccc2c1)c1cc[nH]n1. The van der Waals surface area contributed by atoms with Gasteiger partial charge in [-0.1, -0.05) is 18.2 Å². The third kappa shape index (κ3) is 1.93. The molecule has 0 bridgehead atoms. The van der Waals surface area contributed by atoms with Gasteiger partial charge in [-0.15, -0.1) is 0 Å². The fraction of sp³-hybridized carbons (Fsp3) is 0. The highest BCUT2D eigenvalue weighted by atomic mass is 16.1. The molecule has 5 heteroatoms. The molecule has 2 N–H and O–H groups in total. The van der Waals surface area contributed by atoms with Crippen molar-refractivity contribution in [2.24, 2.45) is 0 Å². The number of nitrogens with zero attached hydrogens (tertiary/aromatic N) is 2. The van der Waals surface area contributed by atoms with Crippen LogP contribution in [0.15, 0.2) is 48.8 Å². The van der Waals surface area contributed by atoms with Crippen LogP contribution in [0.5, 0.6) is 0 Å². The zero-order valence-electron chi connectivity index (χ0n) is 9.42. The average molecular weight is 238 g/mol. The van der Waals surface area contributed by atoms with Crippen LogP contribution in [0.25, 0.3) is 10.9 Å². The molecular formula is C13H10N4O. The van der Waals surface area contributed by atoms with Crippen LogP contribution in [0.4, 0.5) is 5.69 Å². The molecule has 0 aliphatic rings. The summed E-state index contributed by atoms with van der Waals surface area (Å²) in [4.78, 5) is 16.1. The summed E-state index contributed by atoms with van der Waals surface area (Å²) < 4.78 is 0. The largest absolute Gasteiger partial charge is 0.319 e. The molecule has 5 nitrogen and oxygen atoms in total. The molecule has 0 saturated carbocycles. The lowest BCUT2D eigenvalue weighted by Gasteiger charge is -2.04. The number of benzene rings is 1. The van der Waals surface area contributed by atoms with Crippen LogP contribution in [0, 0.1) is 0 Å². The van der Waals surface area contributed by atoms with Gasteiger partial charge < -0.3 is 5.32 Å². The highest BCUT2D eigenvalue weighted by Gasteiger charge is 2.08. The number of pyridine rings is 1. The van der Waals surface area contributed by atoms with Crippen LogP contribution < -0.4 is 5.32 Å². The van der Waals surface area contributed by atoms with E-state index in [1.54, 1.807) is 18.5 Å². The molecular weight excluding hydrogens is 228 g/mol. The first-order valence-electron chi connectivity index (χ1n) is 5.49. The lowest BCUT2D eigenvalue weighted by Crippen LogP contribution is -2.12. The Kier molecular flexibility index (Phi) is 2.49. The fourth-order valence-corrected chi connectivity index (χ4v) is 1.72. The minimum absolute atomic E-state index is 0.256. The summed E-state index contributed by atoms with van der Waals surface area (Å²) in [5.74, 6) is -0.256. The third-order valence-corrected chi connectivity index (χ3v) is 2.58. The molecule has 0 aliphatic carbocycles. The second kappa shape index (κ2) is 4.29. The predicted molar refractivity (Wildman–Crippen MR) is 68.3 cm³/mol. The second-order valence-corrected chi connectivity index (χ2v) is 3.83. The van der Waals surface area contributed by atoms with Gasteiger partial charge in [0.2, 0.25) is 0 Å². The quantitative estimate of drug-likeness (QED) is 0.719. The van der Waals surface area contributed by atoms with E-state index >= 15 is 0 Å². The molecule has 0 spiro atoms. The van der Waals surface area contributed by atoms with Gasteiger partial charge in [0.25, 0.3) is 5.91 Å². The van der Waals surface area contributed by atoms with Crippen LogP contribution >= 0.6 is 0 Å². The highest BCUT2D eigenvalue weighted by molar-refractivity contribution is 6.03. The van der Waals surface area contributed by atoms with E-state index in [1.807, 2.05) is 30.3 Å². The first-order valence-corrected chi connectivity index (χ1v) is 5.49. The Morgan fingerprint density at radius 2 is 2.11 bits per heavy atom. The van der Waals surface area contributed by atoms with Crippen molar-refractivity contribution in [3.63, 3.8) is 0 Å². The number of carbonyl (C=O) groups excluding carboxylic acids is 1. The van der Waals surface area contributed by atoms with Crippen LogP contribution in [-0.2, 0) is 0 Å². The molecule has 18 heavy (non-hydrogen) atoms. The number of amides is 1. The Balaban J connectivity index is 1.89. The van der Waals surface area contributed by atoms with Gasteiger partial charge in [0, 0.05) is 11.6 Å². The van der Waals surface area contributed by atoms with Crippen LogP contribution in [0.3, 0.4) is 0 Å². The lowest BCUT2D eigenvalue weighted by atomic mass is 10.2. The third-order valence-electron chi connectivity index (χ3n) is 2.58. The number of aromatic amines is 1. The minimum Gasteiger partial charge on any atom is -0.319 e. The summed E-state index contributed by atoms with van der Waals surface area (Å²) in [6.07, 6.45) is 3.24. The summed E-state index contributed by atoms with van der Waals surface area (Å²) in [6.45, 7) is 0. The van der Waals surface area contributed by atoms with Gasteiger partial charge in [0.05, 0.1) is 17.4 Å². The van der Waals surface area contributed by atoms with Crippen molar-refractivity contribution in [3.8, 4) is 0 Å². The topological polar surface area (TPSA) is 70.7 Å². The number of H-pyrrole nitrogens is 1. The number of fused-ring (bicyclic) bond motifs is 1. The number of aromatic nitrogens is 3. The summed E-state index contributed by atoms with van der Waals surface area (Å²) in [6, 6.07) is 11.2. The molecule has 1 amide bonds. The average Bonchev–Trinajstić information content (AvgIpc) is 2.92. The second-order valence-electron chi connectivity index (χ2n) is 3.83. The van der Waals surface area contributed by atoms with E-state index in [0.29, 0.717) is 11.4 Å². The monoisotopic (exact) mass is 238 g/mol. The first kappa shape index (κ1) is 10.5. The number of carbonyl (C=O) groups is 1. The Labute approximate surface area is 103 Å². The highest BCUT2D eigenvalue weighted by Crippen LogP contribution is 2.16. The number of hydrogen-bond donors (Lipinski definition) is 2. The molecule has 0 atom stereocenters. The van der Waals surface area contributed by atoms with Crippen LogP contribution in [0.1, 0.15) is 10.5 Å². The summed E-state index contributed by atoms with van der Waals surface area (Å²) in [5.41, 5.74) is 1.90. The van der Waals surface area contributed by atoms with E-state index < -0.39 is 0 Å². The van der Waals surface area contributed by atoms with Crippen molar-refractivity contribution in [1.82, 2.24) is 15.2 Å². The summed E-state index contributed by atoms with van der Waals surface area (Å²) >= 11 is 0. The molecule has 0 fully saturated rings. The van der Waals surface area contributed by atoms with E-state index in [-0.39, 0.29) is 5.91 Å². The number of rotatable bonds is 2. The van der Waals surface area contributed by atoms with E-state index in [4.69, 9.17) is 0 Å². The van der Waals surface area contributed by atoms with Gasteiger partial charge in [-0.05, 0) is 18.2 Å². The van der Waals surface area contributed by atoms with Gasteiger partial charge in [-0.3, -0.25) is 14.9 Å². The Morgan fingerprint density at radius 1 is 1.22 bits per heavy atom. The molecule has 2 aromatic heterocycles. The number of para-hydroxylation sites is 1. The van der Waals surface area contributed by atoms with Crippen molar-refractivity contribution in [2.75, 3.05) is 5.32 Å². The zero-order valence-corrected chi connectivity index (χ0v) is 9.42. The molecule has 0 aliphatic heterocycles. The molecule has 3 aromatic rings. The van der Waals surface area contributed by atoms with E-state index in [2.05, 4.69) is 20.5 Å². The number of nitrogens with one attached hydrogen (secondary N) is 2. The molecule has 0 unspecified atom stereocenters. The maximum atomic E-state index is 11.8. The van der Waals surface area contributed by atoms with Crippen LogP contribution in [0.2, 0.25) is 0 Å². The van der Waals surface area contributed by atoms with Crippen molar-refractivity contribution in [2.45, 2.75) is 0 Å². The first-order chi connectivity index (χ1) is 8.83. The number of anilines is 1. The van der Waals surface area contributed by atoms with E-state index in [0.717, 1.165) is 10.9 Å². The Bertz CT molecular complexity index is 691. The zero-order chi connectivity index (χ0) is 12.4. The van der Waals surface area contributed by atoms with Crippen LogP contribution in [-0.4, -0.2) is 21.1 Å². The predicted octanol–water partition coefficient (Wildman–Crippen LogP) is 2.21. The normalized spacial score (nSPS) is 10.4. The van der Waals surface area contributed by atoms with E-state index in [9.17, 15) is 4.79 Å². The van der Waals surface area contributed by atoms with Crippen molar-refractivity contribution >= 4 is 22.5 Å². The Morgan fingerprint density at radius 3 is 2.94 bits per heavy atom.